The van der Waals surface area contributed by atoms with Crippen molar-refractivity contribution >= 4 is 26.5 Å². The van der Waals surface area contributed by atoms with Gasteiger partial charge in [0.05, 0.1) is 7.11 Å². The minimum absolute atomic E-state index is 0.0736. The van der Waals surface area contributed by atoms with Crippen LogP contribution in [0.4, 0.5) is 0 Å². The molecule has 4 nitrogen and oxygen atoms in total. The molecule has 160 valence electrons. The Hall–Kier alpha value is -2.16. The van der Waals surface area contributed by atoms with Gasteiger partial charge >= 0.3 is 0 Å². The second-order valence-corrected chi connectivity index (χ2v) is 8.71. The van der Waals surface area contributed by atoms with E-state index in [1.54, 1.807) is 7.11 Å². The molecule has 2 aromatic carbocycles. The first-order valence-corrected chi connectivity index (χ1v) is 11.2. The quantitative estimate of drug-likeness (QED) is 0.597. The van der Waals surface area contributed by atoms with Crippen molar-refractivity contribution in [2.24, 2.45) is 0 Å². The normalized spacial score (nSPS) is 14.7. The minimum atomic E-state index is 0.0736. The molecular formula is C25H33N2O2P. The lowest BCUT2D eigenvalue weighted by atomic mass is 10.1. The van der Waals surface area contributed by atoms with Crippen LogP contribution in [0.25, 0.3) is 6.08 Å². The molecule has 3 rings (SSSR count). The number of likely N-dealkylation sites (tertiary alicyclic amines) is 1. The first kappa shape index (κ1) is 22.5. The van der Waals surface area contributed by atoms with E-state index in [1.807, 2.05) is 42.2 Å². The second kappa shape index (κ2) is 10.7. The molecule has 1 fully saturated rings. The molecule has 1 saturated heterocycles. The summed E-state index contributed by atoms with van der Waals surface area (Å²) < 4.78 is 5.46. The van der Waals surface area contributed by atoms with E-state index in [-0.39, 0.29) is 5.91 Å². The van der Waals surface area contributed by atoms with Crippen LogP contribution in [0.5, 0.6) is 5.75 Å². The van der Waals surface area contributed by atoms with E-state index in [1.165, 1.54) is 18.4 Å². The molecule has 0 saturated carbocycles. The van der Waals surface area contributed by atoms with E-state index in [9.17, 15) is 4.79 Å². The lowest BCUT2D eigenvalue weighted by Crippen LogP contribution is -2.39. The maximum absolute atomic E-state index is 13.5. The summed E-state index contributed by atoms with van der Waals surface area (Å²) in [5.41, 5.74) is 4.03. The number of hydrogen-bond donors (Lipinski definition) is 0. The number of carbonyl (C=O) groups excluding carboxylic acids is 1. The first-order chi connectivity index (χ1) is 14.5. The Kier molecular flexibility index (Phi) is 8.07. The highest BCUT2D eigenvalue weighted by atomic mass is 31.0. The topological polar surface area (TPSA) is 32.8 Å². The van der Waals surface area contributed by atoms with Gasteiger partial charge < -0.3 is 14.5 Å². The Morgan fingerprint density at radius 2 is 1.90 bits per heavy atom. The molecule has 2 aromatic rings. The largest absolute Gasteiger partial charge is 0.496 e. The Labute approximate surface area is 183 Å². The standard InChI is InChI=1S/C25H33N2O2P/c1-19(15-21-9-5-4-6-10-21)18-27(14-13-26-11-7-8-12-26)25(28)22-16-20(2)24(29-3)23(30)17-22/h4-6,9-10,15-17H,7-8,11-14,18,30H2,1-3H3/b19-15+. The molecule has 1 unspecified atom stereocenters. The molecule has 0 bridgehead atoms. The molecular weight excluding hydrogens is 391 g/mol. The van der Waals surface area contributed by atoms with Crippen LogP contribution in [0.15, 0.2) is 48.0 Å². The summed E-state index contributed by atoms with van der Waals surface area (Å²) in [7, 11) is 4.35. The molecule has 0 spiro atoms. The molecule has 0 aliphatic carbocycles. The number of ether oxygens (including phenoxy) is 1. The predicted molar refractivity (Wildman–Crippen MR) is 129 cm³/mol. The van der Waals surface area contributed by atoms with Crippen LogP contribution in [0.2, 0.25) is 0 Å². The van der Waals surface area contributed by atoms with Gasteiger partial charge in [0.15, 0.2) is 0 Å². The lowest BCUT2D eigenvalue weighted by molar-refractivity contribution is 0.0756. The fourth-order valence-corrected chi connectivity index (χ4v) is 4.61. The number of carbonyl (C=O) groups is 1. The van der Waals surface area contributed by atoms with E-state index >= 15 is 0 Å². The molecule has 0 N–H and O–H groups in total. The van der Waals surface area contributed by atoms with Crippen molar-refractivity contribution in [2.75, 3.05) is 39.8 Å². The maximum Gasteiger partial charge on any atom is 0.254 e. The molecule has 1 heterocycles. The van der Waals surface area contributed by atoms with Crippen LogP contribution in [0.3, 0.4) is 0 Å². The van der Waals surface area contributed by atoms with E-state index in [2.05, 4.69) is 39.3 Å². The van der Waals surface area contributed by atoms with Gasteiger partial charge in [-0.25, -0.2) is 0 Å². The lowest BCUT2D eigenvalue weighted by Gasteiger charge is -2.26. The molecule has 0 aromatic heterocycles. The number of rotatable bonds is 8. The smallest absolute Gasteiger partial charge is 0.254 e. The third kappa shape index (κ3) is 5.93. The minimum Gasteiger partial charge on any atom is -0.496 e. The van der Waals surface area contributed by atoms with Gasteiger partial charge in [-0.05, 0) is 63.0 Å². The molecule has 5 heteroatoms. The summed E-state index contributed by atoms with van der Waals surface area (Å²) in [5, 5.41) is 0.914. The molecule has 1 atom stereocenters. The van der Waals surface area contributed by atoms with Gasteiger partial charge in [-0.3, -0.25) is 4.79 Å². The van der Waals surface area contributed by atoms with Crippen molar-refractivity contribution in [3.05, 3.63) is 64.7 Å². The van der Waals surface area contributed by atoms with Crippen molar-refractivity contribution in [1.29, 1.82) is 0 Å². The SMILES string of the molecule is COc1c(C)cc(C(=O)N(CCN2CCCC2)C/C(C)=C/c2ccccc2)cc1P. The predicted octanol–water partition coefficient (Wildman–Crippen LogP) is 4.15. The van der Waals surface area contributed by atoms with Crippen LogP contribution in [-0.2, 0) is 0 Å². The zero-order chi connectivity index (χ0) is 21.5. The number of benzene rings is 2. The Morgan fingerprint density at radius 3 is 2.53 bits per heavy atom. The summed E-state index contributed by atoms with van der Waals surface area (Å²) in [5.74, 6) is 0.893. The third-order valence-corrected chi connectivity index (χ3v) is 6.01. The zero-order valence-electron chi connectivity index (χ0n) is 18.4. The number of hydrogen-bond acceptors (Lipinski definition) is 3. The maximum atomic E-state index is 13.5. The Morgan fingerprint density at radius 1 is 1.20 bits per heavy atom. The average molecular weight is 425 g/mol. The summed E-state index contributed by atoms with van der Waals surface area (Å²) in [6.45, 7) is 8.64. The van der Waals surface area contributed by atoms with Crippen molar-refractivity contribution < 1.29 is 9.53 Å². The fourth-order valence-electron chi connectivity index (χ4n) is 4.09. The van der Waals surface area contributed by atoms with E-state index < -0.39 is 0 Å². The molecule has 1 aliphatic rings. The number of methoxy groups -OCH3 is 1. The zero-order valence-corrected chi connectivity index (χ0v) is 19.5. The van der Waals surface area contributed by atoms with Gasteiger partial charge in [0, 0.05) is 30.5 Å². The second-order valence-electron chi connectivity index (χ2n) is 8.09. The van der Waals surface area contributed by atoms with Crippen molar-refractivity contribution in [3.8, 4) is 5.75 Å². The van der Waals surface area contributed by atoms with Gasteiger partial charge in [0.25, 0.3) is 5.91 Å². The van der Waals surface area contributed by atoms with E-state index in [0.29, 0.717) is 12.1 Å². The highest BCUT2D eigenvalue weighted by molar-refractivity contribution is 7.27. The summed E-state index contributed by atoms with van der Waals surface area (Å²) in [4.78, 5) is 17.9. The van der Waals surface area contributed by atoms with E-state index in [0.717, 1.165) is 48.4 Å². The van der Waals surface area contributed by atoms with Gasteiger partial charge in [-0.2, -0.15) is 0 Å². The van der Waals surface area contributed by atoms with Gasteiger partial charge in [-0.15, -0.1) is 9.24 Å². The number of aryl methyl sites for hydroxylation is 1. The molecule has 1 amide bonds. The first-order valence-electron chi connectivity index (χ1n) is 10.7. The molecule has 1 aliphatic heterocycles. The van der Waals surface area contributed by atoms with Gasteiger partial charge in [0.2, 0.25) is 0 Å². The van der Waals surface area contributed by atoms with Crippen LogP contribution < -0.4 is 10.0 Å². The van der Waals surface area contributed by atoms with Gasteiger partial charge in [-0.1, -0.05) is 42.0 Å². The van der Waals surface area contributed by atoms with Gasteiger partial charge in [0.1, 0.15) is 5.75 Å². The Balaban J connectivity index is 1.80. The van der Waals surface area contributed by atoms with Crippen molar-refractivity contribution in [3.63, 3.8) is 0 Å². The third-order valence-electron chi connectivity index (χ3n) is 5.58. The van der Waals surface area contributed by atoms with E-state index in [4.69, 9.17) is 4.74 Å². The monoisotopic (exact) mass is 424 g/mol. The highest BCUT2D eigenvalue weighted by Gasteiger charge is 2.20. The number of nitrogens with zero attached hydrogens (tertiary/aromatic N) is 2. The summed E-state index contributed by atoms with van der Waals surface area (Å²) >= 11 is 0. The summed E-state index contributed by atoms with van der Waals surface area (Å²) in [6, 6.07) is 14.1. The molecule has 0 radical (unpaired) electrons. The average Bonchev–Trinajstić information content (AvgIpc) is 3.24. The van der Waals surface area contributed by atoms with Crippen LogP contribution in [0.1, 0.15) is 41.3 Å². The Bertz CT molecular complexity index is 866. The number of amides is 1. The molecule has 30 heavy (non-hydrogen) atoms. The van der Waals surface area contributed by atoms with Crippen LogP contribution in [0, 0.1) is 6.92 Å². The van der Waals surface area contributed by atoms with Crippen molar-refractivity contribution in [2.45, 2.75) is 26.7 Å². The summed E-state index contributed by atoms with van der Waals surface area (Å²) in [6.07, 6.45) is 4.68. The highest BCUT2D eigenvalue weighted by Crippen LogP contribution is 2.21. The van der Waals surface area contributed by atoms with Crippen molar-refractivity contribution in [1.82, 2.24) is 9.80 Å². The van der Waals surface area contributed by atoms with Crippen LogP contribution in [-0.4, -0.2) is 55.5 Å². The van der Waals surface area contributed by atoms with Crippen LogP contribution >= 0.6 is 9.24 Å². The fraction of sp³-hybridized carbons (Fsp3) is 0.400.